The predicted octanol–water partition coefficient (Wildman–Crippen LogP) is 5.76. The van der Waals surface area contributed by atoms with Crippen LogP contribution in [0.5, 0.6) is 0 Å². The molecule has 0 aromatic carbocycles. The summed E-state index contributed by atoms with van der Waals surface area (Å²) in [5.74, 6) is -0.606. The van der Waals surface area contributed by atoms with Crippen LogP contribution in [0.3, 0.4) is 0 Å². The maximum Gasteiger partial charge on any atom is 0.429 e. The van der Waals surface area contributed by atoms with Crippen molar-refractivity contribution in [1.29, 1.82) is 0 Å². The highest BCUT2D eigenvalue weighted by Crippen LogP contribution is 2.66. The van der Waals surface area contributed by atoms with Gasteiger partial charge in [-0.25, -0.2) is 19.6 Å². The zero-order valence-electron chi connectivity index (χ0n) is 17.8. The number of carbonyl (C=O) groups is 2. The van der Waals surface area contributed by atoms with Crippen molar-refractivity contribution in [2.75, 3.05) is 26.4 Å². The molecule has 2 amide bonds. The standard InChI is InChI=1S/C19H24Cl6N2O6/c1-15-3-2-12(16(15)4-6-17(7-5-16)32-8-9-33-17)26(13(28)30-10-18(20,21)22)27(15)14(29)31-11-19(23,24)25/h12H,2-11H2,1H3/t12-,15+/m0/s1. The monoisotopic (exact) mass is 586 g/mol. The van der Waals surface area contributed by atoms with Gasteiger partial charge in [0.2, 0.25) is 7.59 Å². The molecule has 0 aromatic rings. The van der Waals surface area contributed by atoms with E-state index in [4.69, 9.17) is 88.6 Å². The van der Waals surface area contributed by atoms with E-state index in [0.717, 1.165) is 0 Å². The van der Waals surface area contributed by atoms with Gasteiger partial charge in [-0.2, -0.15) is 0 Å². The molecule has 14 heteroatoms. The number of hydrazine groups is 1. The third-order valence-electron chi connectivity index (χ3n) is 7.39. The van der Waals surface area contributed by atoms with E-state index < -0.39 is 49.7 Å². The van der Waals surface area contributed by atoms with Gasteiger partial charge in [0.15, 0.2) is 5.79 Å². The molecule has 8 nitrogen and oxygen atoms in total. The van der Waals surface area contributed by atoms with Gasteiger partial charge in [-0.1, -0.05) is 69.6 Å². The average Bonchev–Trinajstić information content (AvgIpc) is 3.33. The van der Waals surface area contributed by atoms with Gasteiger partial charge >= 0.3 is 12.2 Å². The van der Waals surface area contributed by atoms with E-state index >= 15 is 0 Å². The molecule has 0 radical (unpaired) electrons. The fourth-order valence-electron chi connectivity index (χ4n) is 6.00. The molecule has 4 fully saturated rings. The largest absolute Gasteiger partial charge is 0.444 e. The van der Waals surface area contributed by atoms with Gasteiger partial charge in [0.25, 0.3) is 0 Å². The summed E-state index contributed by atoms with van der Waals surface area (Å²) in [6.45, 7) is 2.09. The Morgan fingerprint density at radius 3 is 1.91 bits per heavy atom. The summed E-state index contributed by atoms with van der Waals surface area (Å²) < 4.78 is 18.7. The molecule has 0 N–H and O–H groups in total. The average molecular weight is 589 g/mol. The summed E-state index contributed by atoms with van der Waals surface area (Å²) in [7, 11) is 0. The van der Waals surface area contributed by atoms with Crippen LogP contribution in [0.4, 0.5) is 9.59 Å². The minimum absolute atomic E-state index is 0.329. The van der Waals surface area contributed by atoms with Crippen LogP contribution in [0, 0.1) is 5.41 Å². The van der Waals surface area contributed by atoms with E-state index in [1.165, 1.54) is 10.0 Å². The van der Waals surface area contributed by atoms with Crippen LogP contribution in [0.25, 0.3) is 0 Å². The predicted molar refractivity (Wildman–Crippen MR) is 124 cm³/mol. The third-order valence-corrected chi connectivity index (χ3v) is 8.04. The molecule has 2 aliphatic carbocycles. The molecule has 2 heterocycles. The van der Waals surface area contributed by atoms with Gasteiger partial charge in [-0.05, 0) is 32.6 Å². The van der Waals surface area contributed by atoms with Crippen molar-refractivity contribution in [2.45, 2.75) is 70.4 Å². The molecule has 33 heavy (non-hydrogen) atoms. The van der Waals surface area contributed by atoms with Crippen molar-refractivity contribution in [3.05, 3.63) is 0 Å². The zero-order valence-corrected chi connectivity index (χ0v) is 22.3. The fourth-order valence-corrected chi connectivity index (χ4v) is 6.33. The molecule has 2 saturated carbocycles. The highest BCUT2D eigenvalue weighted by atomic mass is 35.6. The lowest BCUT2D eigenvalue weighted by molar-refractivity contribution is -0.196. The number of ether oxygens (including phenoxy) is 4. The molecule has 188 valence electrons. The number of nitrogens with zero attached hydrogens (tertiary/aromatic N) is 2. The number of rotatable bonds is 2. The van der Waals surface area contributed by atoms with Gasteiger partial charge in [-0.3, -0.25) is 0 Å². The van der Waals surface area contributed by atoms with Crippen LogP contribution < -0.4 is 0 Å². The highest BCUT2D eigenvalue weighted by molar-refractivity contribution is 6.68. The first-order valence-electron chi connectivity index (χ1n) is 10.6. The Morgan fingerprint density at radius 1 is 0.879 bits per heavy atom. The SMILES string of the molecule is C[C@]12CC[C@H](N(C(=O)OCC(Cl)(Cl)Cl)N1C(=O)OCC(Cl)(Cl)Cl)C21CCC2(CC1)OCCO2. The van der Waals surface area contributed by atoms with E-state index in [1.807, 2.05) is 6.92 Å². The van der Waals surface area contributed by atoms with Crippen molar-refractivity contribution < 1.29 is 28.5 Å². The number of amides is 2. The first kappa shape index (κ1) is 26.3. The quantitative estimate of drug-likeness (QED) is 0.382. The smallest absolute Gasteiger partial charge is 0.429 e. The Balaban J connectivity index is 1.62. The topological polar surface area (TPSA) is 77.5 Å². The van der Waals surface area contributed by atoms with E-state index in [9.17, 15) is 9.59 Å². The van der Waals surface area contributed by atoms with E-state index in [0.29, 0.717) is 51.7 Å². The molecule has 2 spiro atoms. The normalized spacial score (nSPS) is 30.3. The van der Waals surface area contributed by atoms with Gasteiger partial charge in [0, 0.05) is 18.3 Å². The maximum atomic E-state index is 13.2. The fraction of sp³-hybridized carbons (Fsp3) is 0.895. The van der Waals surface area contributed by atoms with E-state index in [-0.39, 0.29) is 6.04 Å². The van der Waals surface area contributed by atoms with E-state index in [2.05, 4.69) is 0 Å². The third kappa shape index (κ3) is 4.80. The molecular weight excluding hydrogens is 565 g/mol. The van der Waals surface area contributed by atoms with Crippen molar-refractivity contribution in [3.63, 3.8) is 0 Å². The second-order valence-electron chi connectivity index (χ2n) is 9.09. The molecule has 2 bridgehead atoms. The lowest BCUT2D eigenvalue weighted by Gasteiger charge is -2.48. The van der Waals surface area contributed by atoms with Crippen LogP contribution in [-0.4, -0.2) is 73.6 Å². The molecule has 2 aliphatic heterocycles. The summed E-state index contributed by atoms with van der Waals surface area (Å²) in [4.78, 5) is 26.4. The maximum absolute atomic E-state index is 13.2. The van der Waals surface area contributed by atoms with E-state index in [1.54, 1.807) is 0 Å². The molecule has 2 saturated heterocycles. The number of alkyl halides is 6. The second-order valence-corrected chi connectivity index (χ2v) is 14.1. The molecule has 2 atom stereocenters. The summed E-state index contributed by atoms with van der Waals surface area (Å²) in [5.41, 5.74) is -1.17. The Labute approximate surface area is 221 Å². The number of carbonyl (C=O) groups excluding carboxylic acids is 2. The molecule has 4 aliphatic rings. The van der Waals surface area contributed by atoms with Crippen LogP contribution in [0.1, 0.15) is 45.4 Å². The minimum atomic E-state index is -1.80. The summed E-state index contributed by atoms with van der Waals surface area (Å²) in [5, 5.41) is 2.58. The minimum Gasteiger partial charge on any atom is -0.444 e. The van der Waals surface area contributed by atoms with Crippen molar-refractivity contribution in [1.82, 2.24) is 10.0 Å². The van der Waals surface area contributed by atoms with Crippen molar-refractivity contribution in [2.24, 2.45) is 5.41 Å². The van der Waals surface area contributed by atoms with Gasteiger partial charge in [0.1, 0.15) is 13.2 Å². The summed E-state index contributed by atoms with van der Waals surface area (Å²) in [6.07, 6.45) is 2.35. The zero-order chi connectivity index (χ0) is 24.3. The lowest BCUT2D eigenvalue weighted by atomic mass is 9.62. The number of halogens is 6. The van der Waals surface area contributed by atoms with Crippen LogP contribution >= 0.6 is 69.6 Å². The Bertz CT molecular complexity index is 789. The van der Waals surface area contributed by atoms with Gasteiger partial charge in [0.05, 0.1) is 24.8 Å². The molecule has 4 rings (SSSR count). The summed E-state index contributed by atoms with van der Waals surface area (Å²) in [6, 6.07) is -0.329. The van der Waals surface area contributed by atoms with Gasteiger partial charge < -0.3 is 18.9 Å². The van der Waals surface area contributed by atoms with Crippen LogP contribution in [-0.2, 0) is 18.9 Å². The molecule has 0 aromatic heterocycles. The van der Waals surface area contributed by atoms with Crippen LogP contribution in [0.15, 0.2) is 0 Å². The Kier molecular flexibility index (Phi) is 7.12. The van der Waals surface area contributed by atoms with Crippen molar-refractivity contribution >= 4 is 81.8 Å². The first-order chi connectivity index (χ1) is 15.2. The summed E-state index contributed by atoms with van der Waals surface area (Å²) >= 11 is 34.6. The molecular formula is C19H24Cl6N2O6. The Hall–Kier alpha value is 0.200. The number of hydrogen-bond acceptors (Lipinski definition) is 6. The first-order valence-corrected chi connectivity index (χ1v) is 12.8. The number of hydrogen-bond donors (Lipinski definition) is 0. The van der Waals surface area contributed by atoms with Crippen molar-refractivity contribution in [3.8, 4) is 0 Å². The highest BCUT2D eigenvalue weighted by Gasteiger charge is 2.73. The lowest BCUT2D eigenvalue weighted by Crippen LogP contribution is -2.59. The van der Waals surface area contributed by atoms with Crippen LogP contribution in [0.2, 0.25) is 0 Å². The van der Waals surface area contributed by atoms with Gasteiger partial charge in [-0.15, -0.1) is 0 Å². The molecule has 0 unspecified atom stereocenters. The second kappa shape index (κ2) is 8.94. The Morgan fingerprint density at radius 2 is 1.39 bits per heavy atom.